The van der Waals surface area contributed by atoms with Crippen LogP contribution in [-0.4, -0.2) is 16.2 Å². The molecule has 2 aromatic rings. The quantitative estimate of drug-likeness (QED) is 0.927. The number of halogens is 2. The lowest BCUT2D eigenvalue weighted by molar-refractivity contribution is 0.790. The average molecular weight is 288 g/mol. The van der Waals surface area contributed by atoms with E-state index in [0.717, 1.165) is 12.1 Å². The highest BCUT2D eigenvalue weighted by atomic mass is 35.5. The van der Waals surface area contributed by atoms with Crippen molar-refractivity contribution in [3.63, 3.8) is 0 Å². The Morgan fingerprint density at radius 2 is 2.24 bits per heavy atom. The van der Waals surface area contributed by atoms with E-state index in [2.05, 4.69) is 39.3 Å². The molecule has 1 unspecified atom stereocenters. The molecule has 0 aliphatic carbocycles. The molecule has 0 saturated carbocycles. The van der Waals surface area contributed by atoms with Gasteiger partial charge in [0.25, 0.3) is 0 Å². The number of aromatic nitrogens is 2. The smallest absolute Gasteiger partial charge is 0.174 e. The monoisotopic (exact) mass is 287 g/mol. The van der Waals surface area contributed by atoms with Crippen molar-refractivity contribution < 1.29 is 0 Å². The van der Waals surface area contributed by atoms with Gasteiger partial charge in [-0.05, 0) is 35.7 Å². The molecule has 17 heavy (non-hydrogen) atoms. The molecule has 1 N–H and O–H groups in total. The van der Waals surface area contributed by atoms with Gasteiger partial charge < -0.3 is 5.32 Å². The molecule has 3 nitrogen and oxygen atoms in total. The highest BCUT2D eigenvalue weighted by molar-refractivity contribution is 7.07. The van der Waals surface area contributed by atoms with Crippen LogP contribution in [-0.2, 0) is 6.42 Å². The molecule has 0 radical (unpaired) electrons. The van der Waals surface area contributed by atoms with Gasteiger partial charge in [-0.3, -0.25) is 0 Å². The maximum Gasteiger partial charge on any atom is 0.174 e. The van der Waals surface area contributed by atoms with Crippen LogP contribution in [0.3, 0.4) is 0 Å². The third-order valence-corrected chi connectivity index (χ3v) is 3.44. The molecule has 0 fully saturated rings. The first-order valence-electron chi connectivity index (χ1n) is 5.11. The van der Waals surface area contributed by atoms with Crippen LogP contribution in [0.25, 0.3) is 0 Å². The molecule has 0 saturated heterocycles. The lowest BCUT2D eigenvalue weighted by Crippen LogP contribution is -2.18. The summed E-state index contributed by atoms with van der Waals surface area (Å²) in [6.45, 7) is 2.09. The van der Waals surface area contributed by atoms with E-state index in [1.54, 1.807) is 17.4 Å². The predicted molar refractivity (Wildman–Crippen MR) is 73.2 cm³/mol. The van der Waals surface area contributed by atoms with Crippen molar-refractivity contribution in [2.75, 3.05) is 5.32 Å². The van der Waals surface area contributed by atoms with Crippen molar-refractivity contribution in [2.45, 2.75) is 19.4 Å². The number of hydrogen-bond donors (Lipinski definition) is 1. The molecule has 6 heteroatoms. The van der Waals surface area contributed by atoms with Gasteiger partial charge >= 0.3 is 0 Å². The molecule has 0 aliphatic heterocycles. The van der Waals surface area contributed by atoms with E-state index in [0.29, 0.717) is 10.3 Å². The summed E-state index contributed by atoms with van der Waals surface area (Å²) in [5.74, 6) is 0. The van der Waals surface area contributed by atoms with Crippen LogP contribution in [0.5, 0.6) is 0 Å². The Hall–Kier alpha value is -0.840. The van der Waals surface area contributed by atoms with E-state index in [9.17, 15) is 0 Å². The largest absolute Gasteiger partial charge is 0.380 e. The molecule has 0 amide bonds. The summed E-state index contributed by atoms with van der Waals surface area (Å²) in [5, 5.41) is 15.6. The Balaban J connectivity index is 2.02. The number of anilines is 1. The fraction of sp³-hybridized carbons (Fsp3) is 0.273. The molecule has 0 aromatic carbocycles. The fourth-order valence-electron chi connectivity index (χ4n) is 1.53. The summed E-state index contributed by atoms with van der Waals surface area (Å²) in [6, 6.07) is 4.05. The first-order valence-corrected chi connectivity index (χ1v) is 6.81. The minimum absolute atomic E-state index is 0.252. The molecular weight excluding hydrogens is 277 g/mol. The second kappa shape index (κ2) is 5.67. The normalized spacial score (nSPS) is 12.4. The number of nitrogens with zero attached hydrogens (tertiary/aromatic N) is 2. The topological polar surface area (TPSA) is 37.8 Å². The molecule has 0 aliphatic rings. The van der Waals surface area contributed by atoms with Gasteiger partial charge in [0.1, 0.15) is 0 Å². The number of nitrogens with one attached hydrogen (secondary N) is 1. The predicted octanol–water partition coefficient (Wildman–Crippen LogP) is 3.89. The van der Waals surface area contributed by atoms with Crippen LogP contribution in [0.1, 0.15) is 12.5 Å². The summed E-state index contributed by atoms with van der Waals surface area (Å²) in [5.41, 5.74) is 2.02. The molecular formula is C11H11Cl2N3S. The zero-order valence-corrected chi connectivity index (χ0v) is 11.5. The van der Waals surface area contributed by atoms with Crippen molar-refractivity contribution in [3.05, 3.63) is 38.8 Å². The van der Waals surface area contributed by atoms with Crippen molar-refractivity contribution in [3.8, 4) is 0 Å². The average Bonchev–Trinajstić information content (AvgIpc) is 2.76. The van der Waals surface area contributed by atoms with Crippen molar-refractivity contribution in [1.29, 1.82) is 0 Å². The molecule has 1 atom stereocenters. The van der Waals surface area contributed by atoms with Gasteiger partial charge in [0, 0.05) is 12.1 Å². The molecule has 0 bridgehead atoms. The Morgan fingerprint density at radius 3 is 2.94 bits per heavy atom. The van der Waals surface area contributed by atoms with Gasteiger partial charge in [0.2, 0.25) is 0 Å². The molecule has 2 aromatic heterocycles. The van der Waals surface area contributed by atoms with Gasteiger partial charge in [-0.15, -0.1) is 10.2 Å². The Labute approximate surface area is 114 Å². The lowest BCUT2D eigenvalue weighted by atomic mass is 10.1. The third-order valence-electron chi connectivity index (χ3n) is 2.24. The fourth-order valence-corrected chi connectivity index (χ4v) is 2.51. The summed E-state index contributed by atoms with van der Waals surface area (Å²) >= 11 is 13.4. The SMILES string of the molecule is CC(Cc1ccsc1)Nc1cc(Cl)nnc1Cl. The lowest BCUT2D eigenvalue weighted by Gasteiger charge is -2.15. The minimum Gasteiger partial charge on any atom is -0.380 e. The van der Waals surface area contributed by atoms with Crippen molar-refractivity contribution >= 4 is 40.2 Å². The molecule has 90 valence electrons. The Bertz CT molecular complexity index is 487. The van der Waals surface area contributed by atoms with Crippen molar-refractivity contribution in [1.82, 2.24) is 10.2 Å². The highest BCUT2D eigenvalue weighted by Crippen LogP contribution is 2.22. The summed E-state index contributed by atoms with van der Waals surface area (Å²) in [7, 11) is 0. The minimum atomic E-state index is 0.252. The maximum atomic E-state index is 5.93. The van der Waals surface area contributed by atoms with Gasteiger partial charge in [-0.25, -0.2) is 0 Å². The zero-order valence-electron chi connectivity index (χ0n) is 9.15. The third kappa shape index (κ3) is 3.56. The standard InChI is InChI=1S/C11H11Cl2N3S/c1-7(4-8-2-3-17-6-8)14-9-5-10(12)15-16-11(9)13/h2-3,5-7H,4H2,1H3,(H,14,15). The van der Waals surface area contributed by atoms with E-state index in [1.165, 1.54) is 5.56 Å². The van der Waals surface area contributed by atoms with Crippen LogP contribution >= 0.6 is 34.5 Å². The van der Waals surface area contributed by atoms with Crippen LogP contribution in [0.2, 0.25) is 10.3 Å². The number of rotatable bonds is 4. The Morgan fingerprint density at radius 1 is 1.41 bits per heavy atom. The van der Waals surface area contributed by atoms with Gasteiger partial charge in [0.15, 0.2) is 10.3 Å². The zero-order chi connectivity index (χ0) is 12.3. The van der Waals surface area contributed by atoms with E-state index in [-0.39, 0.29) is 6.04 Å². The molecule has 2 rings (SSSR count). The van der Waals surface area contributed by atoms with E-state index in [1.807, 2.05) is 0 Å². The summed E-state index contributed by atoms with van der Waals surface area (Å²) in [4.78, 5) is 0. The highest BCUT2D eigenvalue weighted by Gasteiger charge is 2.08. The molecule has 0 spiro atoms. The second-order valence-electron chi connectivity index (χ2n) is 3.75. The Kier molecular flexibility index (Phi) is 4.20. The van der Waals surface area contributed by atoms with Crippen LogP contribution in [0.15, 0.2) is 22.9 Å². The summed E-state index contributed by atoms with van der Waals surface area (Å²) in [6.07, 6.45) is 0.930. The molecule has 2 heterocycles. The maximum absolute atomic E-state index is 5.93. The van der Waals surface area contributed by atoms with Gasteiger partial charge in [-0.1, -0.05) is 23.2 Å². The van der Waals surface area contributed by atoms with Crippen LogP contribution in [0.4, 0.5) is 5.69 Å². The first kappa shape index (κ1) is 12.6. The summed E-state index contributed by atoms with van der Waals surface area (Å²) < 4.78 is 0. The first-order chi connectivity index (χ1) is 8.15. The van der Waals surface area contributed by atoms with Crippen LogP contribution in [0, 0.1) is 0 Å². The van der Waals surface area contributed by atoms with E-state index < -0.39 is 0 Å². The van der Waals surface area contributed by atoms with E-state index in [4.69, 9.17) is 23.2 Å². The second-order valence-corrected chi connectivity index (χ2v) is 5.28. The van der Waals surface area contributed by atoms with E-state index >= 15 is 0 Å². The van der Waals surface area contributed by atoms with Gasteiger partial charge in [-0.2, -0.15) is 11.3 Å². The van der Waals surface area contributed by atoms with Crippen LogP contribution < -0.4 is 5.32 Å². The van der Waals surface area contributed by atoms with Gasteiger partial charge in [0.05, 0.1) is 5.69 Å². The number of thiophene rings is 1. The van der Waals surface area contributed by atoms with Crippen molar-refractivity contribution in [2.24, 2.45) is 0 Å². The number of hydrogen-bond acceptors (Lipinski definition) is 4.